The van der Waals surface area contributed by atoms with Crippen LogP contribution >= 0.6 is 0 Å². The lowest BCUT2D eigenvalue weighted by molar-refractivity contribution is -0.138. The zero-order valence-corrected chi connectivity index (χ0v) is 19.5. The molecule has 0 spiro atoms. The zero-order valence-electron chi connectivity index (χ0n) is 19.5. The summed E-state index contributed by atoms with van der Waals surface area (Å²) in [5.41, 5.74) is -0.362. The quantitative estimate of drug-likeness (QED) is 0.461. The Morgan fingerprint density at radius 3 is 2.34 bits per heavy atom. The van der Waals surface area contributed by atoms with Gasteiger partial charge < -0.3 is 25.3 Å². The molecule has 0 unspecified atom stereocenters. The molecule has 2 amide bonds. The fourth-order valence-electron chi connectivity index (χ4n) is 4.52. The molecule has 2 fully saturated rings. The molecule has 176 valence electrons. The number of nitrogens with one attached hydrogen (secondary N) is 2. The predicted octanol–water partition coefficient (Wildman–Crippen LogP) is 0.329. The second-order valence-corrected chi connectivity index (χ2v) is 8.71. The van der Waals surface area contributed by atoms with Gasteiger partial charge in [0.05, 0.1) is 5.41 Å². The molecule has 2 aliphatic rings. The number of anilines is 1. The van der Waals surface area contributed by atoms with Gasteiger partial charge in [0.1, 0.15) is 0 Å². The smallest absolute Gasteiger partial charge is 0.230 e. The third-order valence-corrected chi connectivity index (χ3v) is 6.34. The first kappa shape index (κ1) is 23.7. The summed E-state index contributed by atoms with van der Waals surface area (Å²) in [6.07, 6.45) is 7.80. The van der Waals surface area contributed by atoms with Crippen molar-refractivity contribution in [1.29, 1.82) is 0 Å². The highest BCUT2D eigenvalue weighted by Gasteiger charge is 2.42. The van der Waals surface area contributed by atoms with Crippen LogP contribution in [0.2, 0.25) is 0 Å². The van der Waals surface area contributed by atoms with Gasteiger partial charge in [0.2, 0.25) is 17.8 Å². The van der Waals surface area contributed by atoms with Crippen LogP contribution in [0.25, 0.3) is 0 Å². The minimum atomic E-state index is -0.362. The highest BCUT2D eigenvalue weighted by Crippen LogP contribution is 2.38. The van der Waals surface area contributed by atoms with Gasteiger partial charge in [0, 0.05) is 79.2 Å². The van der Waals surface area contributed by atoms with Crippen LogP contribution in [0.15, 0.2) is 23.5 Å². The van der Waals surface area contributed by atoms with Crippen molar-refractivity contribution < 1.29 is 9.59 Å². The van der Waals surface area contributed by atoms with Gasteiger partial charge in [-0.15, -0.1) is 0 Å². The van der Waals surface area contributed by atoms with Crippen molar-refractivity contribution in [2.45, 2.75) is 32.1 Å². The van der Waals surface area contributed by atoms with Gasteiger partial charge in [-0.1, -0.05) is 12.8 Å². The van der Waals surface area contributed by atoms with Crippen LogP contribution in [-0.4, -0.2) is 98.0 Å². The van der Waals surface area contributed by atoms with E-state index in [2.05, 4.69) is 30.5 Å². The summed E-state index contributed by atoms with van der Waals surface area (Å²) in [6.45, 7) is 3.84. The average Bonchev–Trinajstić information content (AvgIpc) is 3.31. The molecule has 0 bridgehead atoms. The normalized spacial score (nSPS) is 18.4. The minimum absolute atomic E-state index is 0.122. The highest BCUT2D eigenvalue weighted by molar-refractivity contribution is 5.85. The molecular formula is C22H36N8O2. The van der Waals surface area contributed by atoms with Gasteiger partial charge in [-0.05, 0) is 18.9 Å². The number of carbonyl (C=O) groups is 2. The van der Waals surface area contributed by atoms with Crippen LogP contribution in [0.4, 0.5) is 5.95 Å². The second-order valence-electron chi connectivity index (χ2n) is 8.71. The number of nitrogens with zero attached hydrogens (tertiary/aromatic N) is 6. The van der Waals surface area contributed by atoms with E-state index >= 15 is 0 Å². The maximum Gasteiger partial charge on any atom is 0.230 e. The van der Waals surface area contributed by atoms with Crippen molar-refractivity contribution in [2.75, 3.05) is 65.3 Å². The lowest BCUT2D eigenvalue weighted by atomic mass is 9.84. The van der Waals surface area contributed by atoms with Gasteiger partial charge in [-0.2, -0.15) is 0 Å². The van der Waals surface area contributed by atoms with Crippen LogP contribution in [-0.2, 0) is 9.59 Å². The summed E-state index contributed by atoms with van der Waals surface area (Å²) in [5.74, 6) is 1.63. The molecule has 2 N–H and O–H groups in total. The molecule has 0 radical (unpaired) electrons. The molecule has 0 aromatic carbocycles. The number of piperazine rings is 1. The molecular weight excluding hydrogens is 408 g/mol. The Hall–Kier alpha value is -2.91. The van der Waals surface area contributed by atoms with E-state index in [1.54, 1.807) is 30.4 Å². The third-order valence-electron chi connectivity index (χ3n) is 6.34. The lowest BCUT2D eigenvalue weighted by Crippen LogP contribution is -2.51. The van der Waals surface area contributed by atoms with Crippen LogP contribution < -0.4 is 15.5 Å². The number of hydrogen-bond acceptors (Lipinski definition) is 6. The fraction of sp³-hybridized carbons (Fsp3) is 0.682. The topological polar surface area (TPSA) is 106 Å². The summed E-state index contributed by atoms with van der Waals surface area (Å²) < 4.78 is 0. The standard InChI is InChI=1S/C22H36N8O2/c1-23-20(27-17-22(8-4-5-9-22)19(32)28(2)3)24-12-7-18(31)29-13-15-30(16-14-29)21-25-10-6-11-26-21/h6,10-11H,4-5,7-9,12-17H2,1-3H3,(H2,23,24,27). The van der Waals surface area contributed by atoms with Crippen LogP contribution in [0.1, 0.15) is 32.1 Å². The zero-order chi connectivity index (χ0) is 23.0. The van der Waals surface area contributed by atoms with E-state index in [0.717, 1.165) is 38.8 Å². The van der Waals surface area contributed by atoms with Gasteiger partial charge in [0.25, 0.3) is 0 Å². The number of carbonyl (C=O) groups excluding carboxylic acids is 2. The molecule has 1 aromatic heterocycles. The van der Waals surface area contributed by atoms with E-state index in [4.69, 9.17) is 0 Å². The Kier molecular flexibility index (Phi) is 8.24. The molecule has 32 heavy (non-hydrogen) atoms. The minimum Gasteiger partial charge on any atom is -0.356 e. The predicted molar refractivity (Wildman–Crippen MR) is 124 cm³/mol. The molecule has 0 atom stereocenters. The van der Waals surface area contributed by atoms with Crippen LogP contribution in [0.3, 0.4) is 0 Å². The Labute approximate surface area is 190 Å². The molecule has 1 aliphatic carbocycles. The van der Waals surface area contributed by atoms with Crippen molar-refractivity contribution in [3.8, 4) is 0 Å². The number of aliphatic imine (C=N–C) groups is 1. The van der Waals surface area contributed by atoms with Crippen molar-refractivity contribution >= 4 is 23.7 Å². The van der Waals surface area contributed by atoms with Gasteiger partial charge in [-0.25, -0.2) is 9.97 Å². The van der Waals surface area contributed by atoms with Crippen LogP contribution in [0, 0.1) is 5.41 Å². The van der Waals surface area contributed by atoms with Gasteiger partial charge >= 0.3 is 0 Å². The van der Waals surface area contributed by atoms with Gasteiger partial charge in [0.15, 0.2) is 5.96 Å². The molecule has 1 aliphatic heterocycles. The molecule has 3 rings (SSSR count). The summed E-state index contributed by atoms with van der Waals surface area (Å²) in [7, 11) is 5.33. The van der Waals surface area contributed by atoms with Crippen LogP contribution in [0.5, 0.6) is 0 Å². The largest absolute Gasteiger partial charge is 0.356 e. The van der Waals surface area contributed by atoms with E-state index in [0.29, 0.717) is 44.5 Å². The Morgan fingerprint density at radius 1 is 1.09 bits per heavy atom. The number of aromatic nitrogens is 2. The monoisotopic (exact) mass is 444 g/mol. The average molecular weight is 445 g/mol. The highest BCUT2D eigenvalue weighted by atomic mass is 16.2. The van der Waals surface area contributed by atoms with E-state index in [-0.39, 0.29) is 17.2 Å². The summed E-state index contributed by atoms with van der Waals surface area (Å²) in [6, 6.07) is 1.80. The Bertz CT molecular complexity index is 784. The molecule has 1 aromatic rings. The summed E-state index contributed by atoms with van der Waals surface area (Å²) in [5, 5.41) is 6.53. The summed E-state index contributed by atoms with van der Waals surface area (Å²) in [4.78, 5) is 43.8. The van der Waals surface area contributed by atoms with E-state index in [1.165, 1.54) is 0 Å². The van der Waals surface area contributed by atoms with Crippen molar-refractivity contribution in [3.05, 3.63) is 18.5 Å². The first-order valence-corrected chi connectivity index (χ1v) is 11.4. The van der Waals surface area contributed by atoms with Crippen molar-refractivity contribution in [3.63, 3.8) is 0 Å². The summed E-state index contributed by atoms with van der Waals surface area (Å²) >= 11 is 0. The van der Waals surface area contributed by atoms with E-state index in [1.807, 2.05) is 19.0 Å². The fourth-order valence-corrected chi connectivity index (χ4v) is 4.52. The SMILES string of the molecule is CN=C(NCCC(=O)N1CCN(c2ncccn2)CC1)NCC1(C(=O)N(C)C)CCCC1. The third kappa shape index (κ3) is 5.86. The lowest BCUT2D eigenvalue weighted by Gasteiger charge is -2.34. The second kappa shape index (κ2) is 11.1. The van der Waals surface area contributed by atoms with Crippen molar-refractivity contribution in [1.82, 2.24) is 30.4 Å². The number of hydrogen-bond donors (Lipinski definition) is 2. The van der Waals surface area contributed by atoms with Gasteiger partial charge in [-0.3, -0.25) is 14.6 Å². The Morgan fingerprint density at radius 2 is 1.75 bits per heavy atom. The maximum atomic E-state index is 12.7. The number of rotatable bonds is 7. The van der Waals surface area contributed by atoms with E-state index < -0.39 is 0 Å². The molecule has 1 saturated carbocycles. The van der Waals surface area contributed by atoms with Crippen molar-refractivity contribution in [2.24, 2.45) is 10.4 Å². The molecule has 2 heterocycles. The van der Waals surface area contributed by atoms with E-state index in [9.17, 15) is 9.59 Å². The Balaban J connectivity index is 1.40. The molecule has 10 nitrogen and oxygen atoms in total. The first-order chi connectivity index (χ1) is 15.4. The first-order valence-electron chi connectivity index (χ1n) is 11.4. The number of amides is 2. The maximum absolute atomic E-state index is 12.7. The number of guanidine groups is 1. The molecule has 10 heteroatoms. The molecule has 1 saturated heterocycles.